The van der Waals surface area contributed by atoms with Crippen molar-refractivity contribution in [3.8, 4) is 0 Å². The summed E-state index contributed by atoms with van der Waals surface area (Å²) in [5.74, 6) is -1.31. The molecule has 1 aromatic heterocycles. The lowest BCUT2D eigenvalue weighted by Crippen LogP contribution is -2.20. The number of aryl methyl sites for hydroxylation is 1. The van der Waals surface area contributed by atoms with Crippen LogP contribution in [0.3, 0.4) is 0 Å². The number of nitrogens with one attached hydrogen (secondary N) is 2. The van der Waals surface area contributed by atoms with Crippen molar-refractivity contribution in [3.05, 3.63) is 82.1 Å². The lowest BCUT2D eigenvalue weighted by molar-refractivity contribution is -0.142. The smallest absolute Gasteiger partial charge is 0.331 e. The van der Waals surface area contributed by atoms with Gasteiger partial charge in [-0.15, -0.1) is 0 Å². The molecular formula is C25H25ClN4O4. The molecule has 2 N–H and O–H groups in total. The molecule has 2 aromatic carbocycles. The van der Waals surface area contributed by atoms with Crippen molar-refractivity contribution in [2.45, 2.75) is 27.3 Å². The Morgan fingerprint density at radius 2 is 1.68 bits per heavy atom. The zero-order chi connectivity index (χ0) is 24.7. The van der Waals surface area contributed by atoms with Gasteiger partial charge in [-0.25, -0.2) is 4.79 Å². The van der Waals surface area contributed by atoms with Crippen LogP contribution in [0.5, 0.6) is 0 Å². The Hall–Kier alpha value is -3.91. The fraction of sp³-hybridized carbons (Fsp3) is 0.200. The third kappa shape index (κ3) is 6.79. The molecule has 0 saturated carbocycles. The SMILES string of the molecule is CC(=O)Nc1ccc(NC(=O)COC(=O)/C=C/c2c(C)nn(Cc3ccccc3Cl)c2C)cc1. The van der Waals surface area contributed by atoms with E-state index in [1.165, 1.54) is 13.0 Å². The van der Waals surface area contributed by atoms with Gasteiger partial charge in [0.15, 0.2) is 6.61 Å². The van der Waals surface area contributed by atoms with Crippen LogP contribution < -0.4 is 10.6 Å². The van der Waals surface area contributed by atoms with E-state index in [-0.39, 0.29) is 5.91 Å². The number of hydrogen-bond acceptors (Lipinski definition) is 5. The second-order valence-electron chi connectivity index (χ2n) is 7.58. The summed E-state index contributed by atoms with van der Waals surface area (Å²) in [6.07, 6.45) is 2.90. The van der Waals surface area contributed by atoms with E-state index in [0.717, 1.165) is 22.5 Å². The van der Waals surface area contributed by atoms with Crippen molar-refractivity contribution in [1.29, 1.82) is 0 Å². The summed E-state index contributed by atoms with van der Waals surface area (Å²) in [5, 5.41) is 10.5. The molecule has 0 aliphatic carbocycles. The topological polar surface area (TPSA) is 102 Å². The van der Waals surface area contributed by atoms with Crippen LogP contribution in [0.4, 0.5) is 11.4 Å². The molecule has 176 valence electrons. The van der Waals surface area contributed by atoms with E-state index in [0.29, 0.717) is 22.9 Å². The largest absolute Gasteiger partial charge is 0.452 e. The maximum Gasteiger partial charge on any atom is 0.331 e. The van der Waals surface area contributed by atoms with E-state index in [1.807, 2.05) is 42.8 Å². The van der Waals surface area contributed by atoms with Gasteiger partial charge < -0.3 is 15.4 Å². The van der Waals surface area contributed by atoms with E-state index in [4.69, 9.17) is 16.3 Å². The zero-order valence-electron chi connectivity index (χ0n) is 19.1. The predicted octanol–water partition coefficient (Wildman–Crippen LogP) is 4.36. The standard InChI is InChI=1S/C25H25ClN4O4/c1-16-22(17(2)30(29-16)14-19-6-4-5-7-23(19)26)12-13-25(33)34-15-24(32)28-21-10-8-20(9-11-21)27-18(3)31/h4-13H,14-15H2,1-3H3,(H,27,31)(H,28,32)/b13-12+. The van der Waals surface area contributed by atoms with Gasteiger partial charge in [0.2, 0.25) is 5.91 Å². The molecular weight excluding hydrogens is 456 g/mol. The molecule has 1 heterocycles. The Morgan fingerprint density at radius 3 is 2.32 bits per heavy atom. The molecule has 9 heteroatoms. The van der Waals surface area contributed by atoms with E-state index in [2.05, 4.69) is 15.7 Å². The van der Waals surface area contributed by atoms with Crippen molar-refractivity contribution in [2.24, 2.45) is 0 Å². The molecule has 0 unspecified atom stereocenters. The molecule has 3 rings (SSSR count). The number of rotatable bonds is 8. The summed E-state index contributed by atoms with van der Waals surface area (Å²) >= 11 is 6.25. The summed E-state index contributed by atoms with van der Waals surface area (Å²) in [4.78, 5) is 35.2. The average Bonchev–Trinajstić information content (AvgIpc) is 3.05. The molecule has 0 bridgehead atoms. The molecule has 0 saturated heterocycles. The van der Waals surface area contributed by atoms with E-state index in [9.17, 15) is 14.4 Å². The molecule has 0 atom stereocenters. The number of halogens is 1. The number of anilines is 2. The molecule has 0 aliphatic heterocycles. The highest BCUT2D eigenvalue weighted by Gasteiger charge is 2.12. The lowest BCUT2D eigenvalue weighted by Gasteiger charge is -2.07. The van der Waals surface area contributed by atoms with E-state index >= 15 is 0 Å². The lowest BCUT2D eigenvalue weighted by atomic mass is 10.1. The molecule has 0 spiro atoms. The molecule has 34 heavy (non-hydrogen) atoms. The van der Waals surface area contributed by atoms with Gasteiger partial charge >= 0.3 is 5.97 Å². The second-order valence-corrected chi connectivity index (χ2v) is 7.99. The van der Waals surface area contributed by atoms with Gasteiger partial charge in [-0.05, 0) is 55.8 Å². The van der Waals surface area contributed by atoms with Crippen molar-refractivity contribution in [1.82, 2.24) is 9.78 Å². The summed E-state index contributed by atoms with van der Waals surface area (Å²) in [5.41, 5.74) is 4.51. The van der Waals surface area contributed by atoms with Gasteiger partial charge in [0.1, 0.15) is 0 Å². The van der Waals surface area contributed by atoms with Gasteiger partial charge in [-0.2, -0.15) is 5.10 Å². The Balaban J connectivity index is 1.53. The van der Waals surface area contributed by atoms with Gasteiger partial charge in [-0.1, -0.05) is 29.8 Å². The normalized spacial score (nSPS) is 10.8. The Labute approximate surface area is 202 Å². The van der Waals surface area contributed by atoms with Gasteiger partial charge in [0.25, 0.3) is 5.91 Å². The minimum absolute atomic E-state index is 0.185. The number of benzene rings is 2. The molecule has 2 amide bonds. The Morgan fingerprint density at radius 1 is 1.03 bits per heavy atom. The molecule has 0 fully saturated rings. The zero-order valence-corrected chi connectivity index (χ0v) is 19.8. The highest BCUT2D eigenvalue weighted by molar-refractivity contribution is 6.31. The van der Waals surface area contributed by atoms with Crippen molar-refractivity contribution in [2.75, 3.05) is 17.2 Å². The Kier molecular flexibility index (Phi) is 8.21. The highest BCUT2D eigenvalue weighted by Crippen LogP contribution is 2.20. The van der Waals surface area contributed by atoms with Crippen molar-refractivity contribution in [3.63, 3.8) is 0 Å². The number of aromatic nitrogens is 2. The van der Waals surface area contributed by atoms with E-state index in [1.54, 1.807) is 30.3 Å². The monoisotopic (exact) mass is 480 g/mol. The van der Waals surface area contributed by atoms with Crippen molar-refractivity contribution < 1.29 is 19.1 Å². The van der Waals surface area contributed by atoms with Gasteiger partial charge in [0, 0.05) is 40.7 Å². The van der Waals surface area contributed by atoms with Crippen LogP contribution in [0.2, 0.25) is 5.02 Å². The van der Waals surface area contributed by atoms with Crippen LogP contribution >= 0.6 is 11.6 Å². The summed E-state index contributed by atoms with van der Waals surface area (Å²) in [6.45, 7) is 5.25. The first-order valence-corrected chi connectivity index (χ1v) is 10.9. The first-order chi connectivity index (χ1) is 16.2. The number of nitrogens with zero attached hydrogens (tertiary/aromatic N) is 2. The van der Waals surface area contributed by atoms with Crippen LogP contribution in [0.1, 0.15) is 29.4 Å². The minimum Gasteiger partial charge on any atom is -0.452 e. The number of amides is 2. The average molecular weight is 481 g/mol. The summed E-state index contributed by atoms with van der Waals surface area (Å²) in [6, 6.07) is 14.1. The minimum atomic E-state index is -0.645. The van der Waals surface area contributed by atoms with Crippen LogP contribution in [-0.2, 0) is 25.7 Å². The molecule has 8 nitrogen and oxygen atoms in total. The van der Waals surface area contributed by atoms with Crippen LogP contribution in [0.15, 0.2) is 54.6 Å². The maximum atomic E-state index is 12.1. The predicted molar refractivity (Wildman–Crippen MR) is 132 cm³/mol. The third-order valence-corrected chi connectivity index (χ3v) is 5.30. The second kappa shape index (κ2) is 11.3. The molecule has 0 aliphatic rings. The van der Waals surface area contributed by atoms with Crippen molar-refractivity contribution >= 4 is 46.8 Å². The number of carbonyl (C=O) groups is 3. The molecule has 0 radical (unpaired) electrons. The van der Waals surface area contributed by atoms with Gasteiger partial charge in [-0.3, -0.25) is 14.3 Å². The third-order valence-electron chi connectivity index (χ3n) is 4.94. The first kappa shape index (κ1) is 24.7. The fourth-order valence-corrected chi connectivity index (χ4v) is 3.46. The summed E-state index contributed by atoms with van der Waals surface area (Å²) in [7, 11) is 0. The quantitative estimate of drug-likeness (QED) is 0.368. The number of ether oxygens (including phenoxy) is 1. The number of esters is 1. The highest BCUT2D eigenvalue weighted by atomic mass is 35.5. The molecule has 3 aromatic rings. The maximum absolute atomic E-state index is 12.1. The summed E-state index contributed by atoms with van der Waals surface area (Å²) < 4.78 is 6.86. The van der Waals surface area contributed by atoms with E-state index < -0.39 is 18.5 Å². The first-order valence-electron chi connectivity index (χ1n) is 10.5. The van der Waals surface area contributed by atoms with Crippen LogP contribution in [0.25, 0.3) is 6.08 Å². The Bertz CT molecular complexity index is 1230. The fourth-order valence-electron chi connectivity index (χ4n) is 3.27. The number of hydrogen-bond donors (Lipinski definition) is 2. The van der Waals surface area contributed by atoms with Crippen LogP contribution in [0, 0.1) is 13.8 Å². The van der Waals surface area contributed by atoms with Crippen LogP contribution in [-0.4, -0.2) is 34.2 Å². The number of carbonyl (C=O) groups excluding carboxylic acids is 3. The van der Waals surface area contributed by atoms with Gasteiger partial charge in [0.05, 0.1) is 12.2 Å².